The Bertz CT molecular complexity index is 141. The molecule has 11 heavy (non-hydrogen) atoms. The number of nitrogens with zero attached hydrogens (tertiary/aromatic N) is 1. The Kier molecular flexibility index (Phi) is 5.97. The summed E-state index contributed by atoms with van der Waals surface area (Å²) in [6.07, 6.45) is 1.19. The fourth-order valence-corrected chi connectivity index (χ4v) is 0.891. The average molecular weight is 153 g/mol. The molecule has 0 rings (SSSR count). The van der Waals surface area contributed by atoms with Crippen molar-refractivity contribution in [3.63, 3.8) is 0 Å². The normalized spacial score (nSPS) is 12.5. The molecule has 0 aromatic carbocycles. The Morgan fingerprint density at radius 1 is 1.45 bits per heavy atom. The monoisotopic (exact) mass is 153 g/mol. The summed E-state index contributed by atoms with van der Waals surface area (Å²) in [6, 6.07) is 0. The summed E-state index contributed by atoms with van der Waals surface area (Å²) in [4.78, 5) is 2.31. The lowest BCUT2D eigenvalue weighted by atomic mass is 10.1. The molecule has 0 fully saturated rings. The van der Waals surface area contributed by atoms with Crippen LogP contribution in [0.25, 0.3) is 0 Å². The van der Waals surface area contributed by atoms with Gasteiger partial charge in [0.05, 0.1) is 0 Å². The van der Waals surface area contributed by atoms with E-state index in [0.717, 1.165) is 13.1 Å². The van der Waals surface area contributed by atoms with Gasteiger partial charge in [0.25, 0.3) is 0 Å². The van der Waals surface area contributed by atoms with Crippen molar-refractivity contribution in [2.45, 2.75) is 27.2 Å². The van der Waals surface area contributed by atoms with Gasteiger partial charge in [-0.05, 0) is 33.5 Å². The molecule has 1 nitrogen and oxygen atoms in total. The van der Waals surface area contributed by atoms with Gasteiger partial charge in [0.1, 0.15) is 0 Å². The van der Waals surface area contributed by atoms with Gasteiger partial charge in [-0.1, -0.05) is 13.8 Å². The molecule has 0 amide bonds. The summed E-state index contributed by atoms with van der Waals surface area (Å²) < 4.78 is 0. The lowest BCUT2D eigenvalue weighted by Gasteiger charge is -2.14. The van der Waals surface area contributed by atoms with Gasteiger partial charge < -0.3 is 4.90 Å². The minimum atomic E-state index is 0.550. The van der Waals surface area contributed by atoms with Crippen LogP contribution in [0.5, 0.6) is 0 Å². The molecular weight excluding hydrogens is 134 g/mol. The Morgan fingerprint density at radius 2 is 2.09 bits per heavy atom. The highest BCUT2D eigenvalue weighted by atomic mass is 15.1. The Balaban J connectivity index is 3.42. The van der Waals surface area contributed by atoms with Crippen LogP contribution in [0.15, 0.2) is 0 Å². The lowest BCUT2D eigenvalue weighted by molar-refractivity contribution is 0.334. The van der Waals surface area contributed by atoms with Crippen molar-refractivity contribution in [3.05, 3.63) is 0 Å². The molecule has 0 heterocycles. The summed E-state index contributed by atoms with van der Waals surface area (Å²) in [5.74, 6) is 6.64. The number of hydrogen-bond donors (Lipinski definition) is 0. The van der Waals surface area contributed by atoms with Crippen LogP contribution >= 0.6 is 0 Å². The second kappa shape index (κ2) is 6.24. The van der Waals surface area contributed by atoms with Crippen LogP contribution in [0.4, 0.5) is 0 Å². The first-order chi connectivity index (χ1) is 5.20. The molecule has 1 atom stereocenters. The molecule has 0 spiro atoms. The van der Waals surface area contributed by atoms with Crippen molar-refractivity contribution in [1.82, 2.24) is 4.90 Å². The lowest BCUT2D eigenvalue weighted by Crippen LogP contribution is -2.20. The predicted molar refractivity (Wildman–Crippen MR) is 50.4 cm³/mol. The van der Waals surface area contributed by atoms with Crippen LogP contribution in [0, 0.1) is 17.8 Å². The van der Waals surface area contributed by atoms with Crippen molar-refractivity contribution in [2.75, 3.05) is 20.1 Å². The summed E-state index contributed by atoms with van der Waals surface area (Å²) in [7, 11) is 2.14. The Hall–Kier alpha value is -0.480. The van der Waals surface area contributed by atoms with Crippen molar-refractivity contribution in [3.8, 4) is 11.8 Å². The average Bonchev–Trinajstić information content (AvgIpc) is 2.01. The van der Waals surface area contributed by atoms with Crippen LogP contribution in [0.2, 0.25) is 0 Å². The van der Waals surface area contributed by atoms with Crippen LogP contribution in [0.1, 0.15) is 27.2 Å². The first-order valence-electron chi connectivity index (χ1n) is 4.31. The summed E-state index contributed by atoms with van der Waals surface area (Å²) in [5.41, 5.74) is 0. The first-order valence-corrected chi connectivity index (χ1v) is 4.31. The molecule has 0 N–H and O–H groups in total. The predicted octanol–water partition coefficient (Wildman–Crippen LogP) is 1.99. The highest BCUT2D eigenvalue weighted by molar-refractivity contribution is 4.99. The van der Waals surface area contributed by atoms with E-state index in [4.69, 9.17) is 0 Å². The van der Waals surface area contributed by atoms with Crippen LogP contribution < -0.4 is 0 Å². The summed E-state index contributed by atoms with van der Waals surface area (Å²) in [5, 5.41) is 0. The maximum absolute atomic E-state index is 3.15. The minimum Gasteiger partial charge on any atom is -0.307 e. The van der Waals surface area contributed by atoms with E-state index in [1.54, 1.807) is 0 Å². The maximum Gasteiger partial charge on any atom is 0.0186 e. The van der Waals surface area contributed by atoms with Crippen LogP contribution in [0.3, 0.4) is 0 Å². The zero-order valence-electron chi connectivity index (χ0n) is 8.15. The maximum atomic E-state index is 3.15. The molecule has 0 aromatic heterocycles. The molecule has 0 aliphatic carbocycles. The van der Waals surface area contributed by atoms with E-state index < -0.39 is 0 Å². The largest absolute Gasteiger partial charge is 0.307 e. The smallest absolute Gasteiger partial charge is 0.0186 e. The molecule has 0 bridgehead atoms. The molecule has 0 aliphatic rings. The number of hydrogen-bond acceptors (Lipinski definition) is 1. The molecule has 1 unspecified atom stereocenters. The van der Waals surface area contributed by atoms with Crippen LogP contribution in [-0.4, -0.2) is 25.0 Å². The zero-order valence-corrected chi connectivity index (χ0v) is 8.15. The third kappa shape index (κ3) is 5.94. The molecule has 0 aromatic rings. The van der Waals surface area contributed by atoms with E-state index in [1.807, 2.05) is 6.92 Å². The van der Waals surface area contributed by atoms with E-state index in [9.17, 15) is 0 Å². The molecular formula is C10H19N. The quantitative estimate of drug-likeness (QED) is 0.558. The number of rotatable bonds is 4. The third-order valence-corrected chi connectivity index (χ3v) is 1.87. The second-order valence-electron chi connectivity index (χ2n) is 2.98. The van der Waals surface area contributed by atoms with Crippen molar-refractivity contribution < 1.29 is 0 Å². The van der Waals surface area contributed by atoms with E-state index in [2.05, 4.69) is 37.6 Å². The zero-order chi connectivity index (χ0) is 8.69. The van der Waals surface area contributed by atoms with Gasteiger partial charge in [-0.25, -0.2) is 0 Å². The third-order valence-electron chi connectivity index (χ3n) is 1.87. The molecule has 0 saturated carbocycles. The SMILES string of the molecule is CC#CC(C)CCN(C)CC. The van der Waals surface area contributed by atoms with Crippen LogP contribution in [-0.2, 0) is 0 Å². The highest BCUT2D eigenvalue weighted by Gasteiger charge is 1.98. The Morgan fingerprint density at radius 3 is 2.55 bits per heavy atom. The van der Waals surface area contributed by atoms with E-state index in [-0.39, 0.29) is 0 Å². The van der Waals surface area contributed by atoms with E-state index in [1.165, 1.54) is 6.42 Å². The summed E-state index contributed by atoms with van der Waals surface area (Å²) >= 11 is 0. The Labute approximate surface area is 70.8 Å². The minimum absolute atomic E-state index is 0.550. The topological polar surface area (TPSA) is 3.24 Å². The van der Waals surface area contributed by atoms with Gasteiger partial charge in [-0.3, -0.25) is 0 Å². The van der Waals surface area contributed by atoms with E-state index in [0.29, 0.717) is 5.92 Å². The van der Waals surface area contributed by atoms with Gasteiger partial charge >= 0.3 is 0 Å². The highest BCUT2D eigenvalue weighted by Crippen LogP contribution is 2.00. The van der Waals surface area contributed by atoms with Crippen molar-refractivity contribution in [2.24, 2.45) is 5.92 Å². The summed E-state index contributed by atoms with van der Waals surface area (Å²) in [6.45, 7) is 8.55. The molecule has 64 valence electrons. The standard InChI is InChI=1S/C10H19N/c1-5-7-10(3)8-9-11(4)6-2/h10H,6,8-9H2,1-4H3. The second-order valence-corrected chi connectivity index (χ2v) is 2.98. The molecule has 1 heteroatoms. The fourth-order valence-electron chi connectivity index (χ4n) is 0.891. The first kappa shape index (κ1) is 10.5. The fraction of sp³-hybridized carbons (Fsp3) is 0.800. The van der Waals surface area contributed by atoms with Gasteiger partial charge in [0.2, 0.25) is 0 Å². The van der Waals surface area contributed by atoms with Crippen molar-refractivity contribution >= 4 is 0 Å². The molecule has 0 aliphatic heterocycles. The van der Waals surface area contributed by atoms with Gasteiger partial charge in [0.15, 0.2) is 0 Å². The molecule has 0 saturated heterocycles. The molecule has 0 radical (unpaired) electrons. The van der Waals surface area contributed by atoms with Gasteiger partial charge in [0, 0.05) is 5.92 Å². The van der Waals surface area contributed by atoms with E-state index >= 15 is 0 Å². The van der Waals surface area contributed by atoms with Crippen molar-refractivity contribution in [1.29, 1.82) is 0 Å². The van der Waals surface area contributed by atoms with Gasteiger partial charge in [-0.2, -0.15) is 0 Å². The van der Waals surface area contributed by atoms with Gasteiger partial charge in [-0.15, -0.1) is 11.8 Å².